The van der Waals surface area contributed by atoms with Gasteiger partial charge in [0.05, 0.1) is 0 Å². The van der Waals surface area contributed by atoms with Crippen molar-refractivity contribution in [2.45, 2.75) is 11.8 Å². The Morgan fingerprint density at radius 1 is 1.67 bits per heavy atom. The van der Waals surface area contributed by atoms with Crippen molar-refractivity contribution in [1.82, 2.24) is 4.98 Å². The Morgan fingerprint density at radius 2 is 2.33 bits per heavy atom. The zero-order chi connectivity index (χ0) is 8.27. The second-order valence-corrected chi connectivity index (χ2v) is 2.51. The number of rotatable bonds is 2. The van der Waals surface area contributed by atoms with E-state index in [4.69, 9.17) is 0 Å². The summed E-state index contributed by atoms with van der Waals surface area (Å²) in [5, 5.41) is 0. The molecule has 0 amide bonds. The maximum atomic E-state index is 11.1. The quantitative estimate of drug-likeness (QED) is 0.496. The first-order valence-corrected chi connectivity index (χ1v) is 3.68. The smallest absolute Gasteiger partial charge is 0.0428 e. The van der Waals surface area contributed by atoms with E-state index in [-0.39, 0.29) is 38.5 Å². The van der Waals surface area contributed by atoms with E-state index in [2.05, 4.69) is 17.6 Å². The fraction of sp³-hybridized carbons (Fsp3) is 0.125. The zero-order valence-corrected chi connectivity index (χ0v) is 10.4. The monoisotopic (exact) mass is 255 g/mol. The second-order valence-electron chi connectivity index (χ2n) is 2.02. The van der Waals surface area contributed by atoms with Crippen molar-refractivity contribution in [2.75, 3.05) is 0 Å². The van der Waals surface area contributed by atoms with Gasteiger partial charge in [-0.3, -0.25) is 0 Å². The average molecular weight is 255 g/mol. The minimum absolute atomic E-state index is 0. The molecule has 2 nitrogen and oxygen atoms in total. The molecule has 12 heavy (non-hydrogen) atoms. The standard InChI is InChI=1S/C8H8NOS.Y/c1-2-6(10)8-7(11)4-3-5-9-8;/h2-5,11H,1H3;/q-1;. The van der Waals surface area contributed by atoms with Crippen LogP contribution in [0, 0.1) is 6.42 Å². The van der Waals surface area contributed by atoms with Crippen molar-refractivity contribution >= 4 is 18.4 Å². The van der Waals surface area contributed by atoms with Crippen LogP contribution in [-0.4, -0.2) is 10.8 Å². The number of carbonyl (C=O) groups excluding carboxylic acids is 1. The van der Waals surface area contributed by atoms with E-state index in [1.54, 1.807) is 25.3 Å². The molecule has 0 aliphatic rings. The number of ketones is 1. The maximum Gasteiger partial charge on any atom is 0.0428 e. The molecule has 1 heterocycles. The first kappa shape index (κ1) is 12.1. The molecule has 1 rings (SSSR count). The van der Waals surface area contributed by atoms with Crippen molar-refractivity contribution in [2.24, 2.45) is 0 Å². The minimum Gasteiger partial charge on any atom is -0.346 e. The van der Waals surface area contributed by atoms with Crippen molar-refractivity contribution in [3.05, 3.63) is 30.4 Å². The van der Waals surface area contributed by atoms with Crippen LogP contribution < -0.4 is 0 Å². The Balaban J connectivity index is 0.00000121. The zero-order valence-electron chi connectivity index (χ0n) is 6.69. The van der Waals surface area contributed by atoms with Gasteiger partial charge in [0.25, 0.3) is 0 Å². The van der Waals surface area contributed by atoms with Gasteiger partial charge in [-0.25, -0.2) is 0 Å². The molecule has 0 aliphatic heterocycles. The molecule has 0 atom stereocenters. The van der Waals surface area contributed by atoms with Crippen molar-refractivity contribution in [1.29, 1.82) is 0 Å². The Hall–Kier alpha value is 0.144. The van der Waals surface area contributed by atoms with Gasteiger partial charge >= 0.3 is 0 Å². The van der Waals surface area contributed by atoms with E-state index < -0.39 is 0 Å². The summed E-state index contributed by atoms with van der Waals surface area (Å²) in [6.45, 7) is 1.68. The predicted molar refractivity (Wildman–Crippen MR) is 45.8 cm³/mol. The Bertz CT molecular complexity index is 278. The van der Waals surface area contributed by atoms with Crippen LogP contribution in [0.15, 0.2) is 23.2 Å². The second kappa shape index (κ2) is 5.73. The summed E-state index contributed by atoms with van der Waals surface area (Å²) in [5.41, 5.74) is 0.415. The Labute approximate surface area is 102 Å². The number of thiol groups is 1. The fourth-order valence-corrected chi connectivity index (χ4v) is 0.977. The van der Waals surface area contributed by atoms with E-state index >= 15 is 0 Å². The van der Waals surface area contributed by atoms with Crippen LogP contribution in [0.1, 0.15) is 17.4 Å². The van der Waals surface area contributed by atoms with E-state index in [1.807, 2.05) is 0 Å². The number of nitrogens with zero attached hydrogens (tertiary/aromatic N) is 1. The third kappa shape index (κ3) is 2.89. The van der Waals surface area contributed by atoms with Crippen LogP contribution in [0.2, 0.25) is 0 Å². The number of pyridine rings is 1. The van der Waals surface area contributed by atoms with Gasteiger partial charge in [0.15, 0.2) is 0 Å². The molecule has 0 unspecified atom stereocenters. The van der Waals surface area contributed by atoms with E-state index in [0.717, 1.165) is 0 Å². The van der Waals surface area contributed by atoms with Crippen LogP contribution in [0.25, 0.3) is 0 Å². The van der Waals surface area contributed by atoms with Crippen LogP contribution in [0.4, 0.5) is 0 Å². The molecule has 61 valence electrons. The van der Waals surface area contributed by atoms with E-state index in [9.17, 15) is 4.79 Å². The van der Waals surface area contributed by atoms with Gasteiger partial charge in [0.2, 0.25) is 0 Å². The number of aromatic nitrogens is 1. The molecule has 0 saturated carbocycles. The Morgan fingerprint density at radius 3 is 2.83 bits per heavy atom. The van der Waals surface area contributed by atoms with Crippen molar-refractivity contribution in [3.8, 4) is 0 Å². The first-order chi connectivity index (χ1) is 5.25. The van der Waals surface area contributed by atoms with Gasteiger partial charge < -0.3 is 9.78 Å². The predicted octanol–water partition coefficient (Wildman–Crippen LogP) is 1.77. The number of hydrogen-bond acceptors (Lipinski definition) is 3. The molecule has 0 aromatic carbocycles. The largest absolute Gasteiger partial charge is 0.346 e. The van der Waals surface area contributed by atoms with Gasteiger partial charge in [-0.2, -0.15) is 19.0 Å². The summed E-state index contributed by atoms with van der Waals surface area (Å²) >= 11 is 4.09. The summed E-state index contributed by atoms with van der Waals surface area (Å²) in [4.78, 5) is 15.6. The van der Waals surface area contributed by atoms with Gasteiger partial charge in [-0.05, 0) is 16.7 Å². The van der Waals surface area contributed by atoms with Crippen molar-refractivity contribution < 1.29 is 37.5 Å². The van der Waals surface area contributed by atoms with Gasteiger partial charge in [-0.1, -0.05) is 6.07 Å². The molecule has 4 heteroatoms. The fourth-order valence-electron chi connectivity index (χ4n) is 0.723. The number of hydrogen-bond donors (Lipinski definition) is 1. The summed E-state index contributed by atoms with van der Waals surface area (Å²) in [7, 11) is 0. The summed E-state index contributed by atoms with van der Waals surface area (Å²) in [5.74, 6) is -0.0874. The molecule has 1 radical (unpaired) electrons. The maximum absolute atomic E-state index is 11.1. The molecule has 1 aromatic rings. The molecule has 0 saturated heterocycles. The molecule has 0 bridgehead atoms. The van der Waals surface area contributed by atoms with Gasteiger partial charge in [0.1, 0.15) is 0 Å². The molecule has 0 fully saturated rings. The third-order valence-electron chi connectivity index (χ3n) is 1.28. The topological polar surface area (TPSA) is 30.0 Å². The molecule has 0 aliphatic carbocycles. The van der Waals surface area contributed by atoms with E-state index in [1.165, 1.54) is 6.42 Å². The van der Waals surface area contributed by atoms with Crippen LogP contribution in [-0.2, 0) is 32.7 Å². The average Bonchev–Trinajstić information content (AvgIpc) is 2.04. The SMILES string of the molecule is C[CH-]C(=O)c1ncccc1S.[Y]. The first-order valence-electron chi connectivity index (χ1n) is 3.23. The van der Waals surface area contributed by atoms with E-state index in [0.29, 0.717) is 10.6 Å². The molecule has 1 aromatic heterocycles. The van der Waals surface area contributed by atoms with Gasteiger partial charge in [-0.15, -0.1) is 6.92 Å². The molecule has 0 spiro atoms. The summed E-state index contributed by atoms with van der Waals surface area (Å²) < 4.78 is 0. The minimum atomic E-state index is -0.0874. The molecule has 0 N–H and O–H groups in total. The van der Waals surface area contributed by atoms with Crippen LogP contribution >= 0.6 is 12.6 Å². The van der Waals surface area contributed by atoms with Crippen molar-refractivity contribution in [3.63, 3.8) is 0 Å². The Kier molecular flexibility index (Phi) is 5.80. The molecular formula is C8H8NOSY-. The molecular weight excluding hydrogens is 247 g/mol. The normalized spacial score (nSPS) is 8.50. The van der Waals surface area contributed by atoms with Crippen LogP contribution in [0.3, 0.4) is 0 Å². The summed E-state index contributed by atoms with van der Waals surface area (Å²) in [6, 6.07) is 3.49. The van der Waals surface area contributed by atoms with Crippen LogP contribution in [0.5, 0.6) is 0 Å². The number of carbonyl (C=O) groups is 1. The third-order valence-corrected chi connectivity index (χ3v) is 1.64. The van der Waals surface area contributed by atoms with Gasteiger partial charge in [0, 0.05) is 44.7 Å². The summed E-state index contributed by atoms with van der Waals surface area (Å²) in [6.07, 6.45) is 3.05. The number of Topliss-reactive ketones (excluding diaryl/α,β-unsaturated/α-hetero) is 1.